The van der Waals surface area contributed by atoms with Crippen LogP contribution in [0.1, 0.15) is 55.2 Å². The largest absolute Gasteiger partial charge is 0.330 e. The van der Waals surface area contributed by atoms with Crippen LogP contribution in [0.25, 0.3) is 0 Å². The molecule has 0 spiro atoms. The van der Waals surface area contributed by atoms with Crippen molar-refractivity contribution in [3.05, 3.63) is 70.2 Å². The topological polar surface area (TPSA) is 63.4 Å². The summed E-state index contributed by atoms with van der Waals surface area (Å²) >= 11 is 6.10. The number of hydrogen-bond donors (Lipinski definition) is 1. The Morgan fingerprint density at radius 2 is 1.86 bits per heavy atom. The Bertz CT molecular complexity index is 924. The van der Waals surface area contributed by atoms with Crippen LogP contribution in [0.5, 0.6) is 0 Å². The van der Waals surface area contributed by atoms with Crippen molar-refractivity contribution in [3.63, 3.8) is 0 Å². The SMILES string of the molecule is CCCS(=O)(=O)N(C)Cc1cccc(C(CN)C2(c3ccc(Cl)cc3)CCC2)c1. The maximum Gasteiger partial charge on any atom is 0.214 e. The second kappa shape index (κ2) is 9.17. The fourth-order valence-electron chi connectivity index (χ4n) is 4.54. The summed E-state index contributed by atoms with van der Waals surface area (Å²) in [5.41, 5.74) is 9.79. The lowest BCUT2D eigenvalue weighted by Crippen LogP contribution is -2.43. The van der Waals surface area contributed by atoms with Crippen LogP contribution in [0.2, 0.25) is 5.02 Å². The normalized spacial score (nSPS) is 17.1. The average Bonchev–Trinajstić information content (AvgIpc) is 2.65. The van der Waals surface area contributed by atoms with Gasteiger partial charge in [-0.3, -0.25) is 0 Å². The van der Waals surface area contributed by atoms with Gasteiger partial charge in [-0.25, -0.2) is 12.7 Å². The Morgan fingerprint density at radius 3 is 2.41 bits per heavy atom. The van der Waals surface area contributed by atoms with Crippen LogP contribution in [0, 0.1) is 0 Å². The summed E-state index contributed by atoms with van der Waals surface area (Å²) in [6, 6.07) is 16.4. The number of nitrogens with zero attached hydrogens (tertiary/aromatic N) is 1. The van der Waals surface area contributed by atoms with E-state index in [0.717, 1.165) is 23.4 Å². The highest BCUT2D eigenvalue weighted by Gasteiger charge is 2.45. The van der Waals surface area contributed by atoms with E-state index in [-0.39, 0.29) is 17.1 Å². The van der Waals surface area contributed by atoms with Gasteiger partial charge in [0.05, 0.1) is 5.75 Å². The molecule has 4 nitrogen and oxygen atoms in total. The quantitative estimate of drug-likeness (QED) is 0.623. The second-order valence-electron chi connectivity index (χ2n) is 8.12. The molecule has 0 aliphatic heterocycles. The van der Waals surface area contributed by atoms with Crippen LogP contribution in [0.4, 0.5) is 0 Å². The molecule has 0 amide bonds. The van der Waals surface area contributed by atoms with E-state index in [1.807, 2.05) is 31.2 Å². The number of sulfonamides is 1. The minimum Gasteiger partial charge on any atom is -0.330 e. The lowest BCUT2D eigenvalue weighted by atomic mass is 9.56. The summed E-state index contributed by atoms with van der Waals surface area (Å²) < 4.78 is 26.1. The minimum atomic E-state index is -3.22. The predicted octanol–water partition coefficient (Wildman–Crippen LogP) is 4.68. The van der Waals surface area contributed by atoms with Gasteiger partial charge in [0.15, 0.2) is 0 Å². The molecule has 1 fully saturated rings. The van der Waals surface area contributed by atoms with E-state index < -0.39 is 10.0 Å². The fourth-order valence-corrected chi connectivity index (χ4v) is 5.84. The Labute approximate surface area is 180 Å². The van der Waals surface area contributed by atoms with Crippen LogP contribution in [0.3, 0.4) is 0 Å². The van der Waals surface area contributed by atoms with Crippen molar-refractivity contribution in [2.24, 2.45) is 5.73 Å². The summed E-state index contributed by atoms with van der Waals surface area (Å²) in [6.45, 7) is 2.81. The van der Waals surface area contributed by atoms with Gasteiger partial charge in [0.2, 0.25) is 10.0 Å². The first-order chi connectivity index (χ1) is 13.8. The smallest absolute Gasteiger partial charge is 0.214 e. The molecule has 6 heteroatoms. The van der Waals surface area contributed by atoms with Gasteiger partial charge in [-0.1, -0.05) is 61.3 Å². The summed E-state index contributed by atoms with van der Waals surface area (Å²) in [4.78, 5) is 0. The zero-order valence-electron chi connectivity index (χ0n) is 17.3. The Hall–Kier alpha value is -1.40. The lowest BCUT2D eigenvalue weighted by molar-refractivity contribution is 0.196. The molecule has 1 unspecified atom stereocenters. The molecule has 1 saturated carbocycles. The zero-order chi connectivity index (χ0) is 21.1. The van der Waals surface area contributed by atoms with Crippen LogP contribution < -0.4 is 5.73 Å². The van der Waals surface area contributed by atoms with Gasteiger partial charge in [0.1, 0.15) is 0 Å². The first-order valence-corrected chi connectivity index (χ1v) is 12.3. The fraction of sp³-hybridized carbons (Fsp3) is 0.478. The number of hydrogen-bond acceptors (Lipinski definition) is 3. The number of rotatable bonds is 9. The zero-order valence-corrected chi connectivity index (χ0v) is 18.8. The van der Waals surface area contributed by atoms with E-state index in [9.17, 15) is 8.42 Å². The maximum atomic E-state index is 12.3. The molecule has 158 valence electrons. The Kier molecular flexibility index (Phi) is 7.05. The highest BCUT2D eigenvalue weighted by molar-refractivity contribution is 7.89. The van der Waals surface area contributed by atoms with Crippen LogP contribution in [0.15, 0.2) is 48.5 Å². The van der Waals surface area contributed by atoms with Gasteiger partial charge in [-0.2, -0.15) is 0 Å². The lowest BCUT2D eigenvalue weighted by Gasteiger charge is -2.48. The molecule has 29 heavy (non-hydrogen) atoms. The molecule has 1 aliphatic rings. The van der Waals surface area contributed by atoms with Crippen molar-refractivity contribution in [1.82, 2.24) is 4.31 Å². The van der Waals surface area contributed by atoms with Crippen molar-refractivity contribution >= 4 is 21.6 Å². The van der Waals surface area contributed by atoms with Crippen LogP contribution >= 0.6 is 11.6 Å². The molecule has 1 atom stereocenters. The van der Waals surface area contributed by atoms with Crippen molar-refractivity contribution in [2.45, 2.75) is 50.5 Å². The van der Waals surface area contributed by atoms with Crippen molar-refractivity contribution < 1.29 is 8.42 Å². The molecular formula is C23H31ClN2O2S. The average molecular weight is 435 g/mol. The molecule has 2 N–H and O–H groups in total. The predicted molar refractivity (Wildman–Crippen MR) is 121 cm³/mol. The van der Waals surface area contributed by atoms with Gasteiger partial charge >= 0.3 is 0 Å². The van der Waals surface area contributed by atoms with Gasteiger partial charge in [-0.05, 0) is 48.1 Å². The van der Waals surface area contributed by atoms with Gasteiger partial charge in [0.25, 0.3) is 0 Å². The van der Waals surface area contributed by atoms with Crippen LogP contribution in [-0.2, 0) is 22.0 Å². The number of benzene rings is 2. The summed E-state index contributed by atoms with van der Waals surface area (Å²) in [5, 5.41) is 0.742. The Balaban J connectivity index is 1.88. The van der Waals surface area contributed by atoms with Crippen molar-refractivity contribution in [2.75, 3.05) is 19.3 Å². The molecule has 0 bridgehead atoms. The second-order valence-corrected chi connectivity index (χ2v) is 10.8. The van der Waals surface area contributed by atoms with E-state index in [2.05, 4.69) is 24.3 Å². The van der Waals surface area contributed by atoms with Gasteiger partial charge in [-0.15, -0.1) is 0 Å². The van der Waals surface area contributed by atoms with Gasteiger partial charge in [0, 0.05) is 36.5 Å². The minimum absolute atomic E-state index is 0.0259. The first-order valence-electron chi connectivity index (χ1n) is 10.3. The highest BCUT2D eigenvalue weighted by Crippen LogP contribution is 2.53. The van der Waals surface area contributed by atoms with E-state index in [1.165, 1.54) is 21.9 Å². The third-order valence-corrected chi connectivity index (χ3v) is 8.52. The number of nitrogens with two attached hydrogens (primary N) is 1. The van der Waals surface area contributed by atoms with Gasteiger partial charge < -0.3 is 5.73 Å². The molecule has 0 saturated heterocycles. The summed E-state index contributed by atoms with van der Waals surface area (Å²) in [5.74, 6) is 0.365. The van der Waals surface area contributed by atoms with E-state index >= 15 is 0 Å². The standard InChI is InChI=1S/C23H31ClN2O2S/c1-3-14-29(27,28)26(2)17-18-6-4-7-19(15-18)22(16-25)23(12-5-13-23)20-8-10-21(24)11-9-20/h4,6-11,15,22H,3,5,12-14,16-17,25H2,1-2H3. The molecule has 2 aromatic carbocycles. The number of halogens is 1. The Morgan fingerprint density at radius 1 is 1.17 bits per heavy atom. The third kappa shape index (κ3) is 4.69. The highest BCUT2D eigenvalue weighted by atomic mass is 35.5. The van der Waals surface area contributed by atoms with Crippen LogP contribution in [-0.4, -0.2) is 32.1 Å². The molecule has 0 aromatic heterocycles. The van der Waals surface area contributed by atoms with E-state index in [1.54, 1.807) is 7.05 Å². The maximum absolute atomic E-state index is 12.3. The van der Waals surface area contributed by atoms with Crippen molar-refractivity contribution in [1.29, 1.82) is 0 Å². The molecular weight excluding hydrogens is 404 g/mol. The van der Waals surface area contributed by atoms with E-state index in [0.29, 0.717) is 19.5 Å². The summed E-state index contributed by atoms with van der Waals surface area (Å²) in [6.07, 6.45) is 4.01. The molecule has 0 heterocycles. The molecule has 1 aliphatic carbocycles. The van der Waals surface area contributed by atoms with Crippen molar-refractivity contribution in [3.8, 4) is 0 Å². The van der Waals surface area contributed by atoms with E-state index in [4.69, 9.17) is 17.3 Å². The molecule has 3 rings (SSSR count). The summed E-state index contributed by atoms with van der Waals surface area (Å²) in [7, 11) is -1.57. The molecule has 2 aromatic rings. The third-order valence-electron chi connectivity index (χ3n) is 6.26. The monoisotopic (exact) mass is 434 g/mol. The first kappa shape index (κ1) is 22.3. The molecule has 0 radical (unpaired) electrons.